The van der Waals surface area contributed by atoms with Crippen LogP contribution in [0.2, 0.25) is 0 Å². The minimum absolute atomic E-state index is 0.0857. The minimum Gasteiger partial charge on any atom is -0.311 e. The number of nitrogens with one attached hydrogen (secondary N) is 1. The highest BCUT2D eigenvalue weighted by atomic mass is 79.9. The fourth-order valence-corrected chi connectivity index (χ4v) is 4.70. The highest BCUT2D eigenvalue weighted by Crippen LogP contribution is 2.23. The van der Waals surface area contributed by atoms with Crippen molar-refractivity contribution in [1.82, 2.24) is 14.1 Å². The number of nitrogens with zero attached hydrogens (tertiary/aromatic N) is 3. The van der Waals surface area contributed by atoms with Crippen molar-refractivity contribution in [3.63, 3.8) is 0 Å². The van der Waals surface area contributed by atoms with E-state index in [-0.39, 0.29) is 17.6 Å². The Morgan fingerprint density at radius 1 is 1.26 bits per heavy atom. The van der Waals surface area contributed by atoms with Crippen molar-refractivity contribution in [3.05, 3.63) is 46.6 Å². The fraction of sp³-hybridized carbons (Fsp3) is 0.444. The molecule has 2 heterocycles. The second-order valence-corrected chi connectivity index (χ2v) is 9.64. The third-order valence-corrected chi connectivity index (χ3v) is 7.48. The van der Waals surface area contributed by atoms with Gasteiger partial charge in [-0.15, -0.1) is 0 Å². The number of sulfonamides is 1. The van der Waals surface area contributed by atoms with Crippen LogP contribution < -0.4 is 5.32 Å². The number of aromatic nitrogens is 2. The number of hydrogen-bond acceptors (Lipinski definition) is 4. The maximum absolute atomic E-state index is 12.6. The number of carbonyl (C=O) groups is 1. The molecule has 1 aromatic heterocycles. The Balaban J connectivity index is 1.61. The van der Waals surface area contributed by atoms with Crippen LogP contribution in [0.25, 0.3) is 0 Å². The molecule has 3 rings (SSSR count). The predicted molar refractivity (Wildman–Crippen MR) is 108 cm³/mol. The Morgan fingerprint density at radius 2 is 1.96 bits per heavy atom. The Morgan fingerprint density at radius 3 is 2.63 bits per heavy atom. The molecule has 27 heavy (non-hydrogen) atoms. The van der Waals surface area contributed by atoms with Gasteiger partial charge in [-0.25, -0.2) is 17.4 Å². The summed E-state index contributed by atoms with van der Waals surface area (Å²) in [6.07, 6.45) is 2.72. The molecule has 0 bridgehead atoms. The largest absolute Gasteiger partial charge is 0.311 e. The minimum atomic E-state index is -3.18. The van der Waals surface area contributed by atoms with Gasteiger partial charge in [0.2, 0.25) is 15.9 Å². The van der Waals surface area contributed by atoms with Gasteiger partial charge in [0.05, 0.1) is 18.5 Å². The molecule has 0 atom stereocenters. The molecule has 0 unspecified atom stereocenters. The van der Waals surface area contributed by atoms with E-state index in [2.05, 4.69) is 26.3 Å². The van der Waals surface area contributed by atoms with Crippen molar-refractivity contribution >= 4 is 37.7 Å². The third-order valence-electron chi connectivity index (χ3n) is 4.83. The molecular formula is C18H23BrN4O3S. The molecule has 1 fully saturated rings. The topological polar surface area (TPSA) is 84.3 Å². The van der Waals surface area contributed by atoms with Crippen molar-refractivity contribution in [3.8, 4) is 0 Å². The van der Waals surface area contributed by atoms with Crippen LogP contribution in [0.15, 0.2) is 41.0 Å². The summed E-state index contributed by atoms with van der Waals surface area (Å²) in [5, 5.41) is 7.25. The summed E-state index contributed by atoms with van der Waals surface area (Å²) in [6, 6.07) is 9.65. The van der Waals surface area contributed by atoms with Gasteiger partial charge in [0.1, 0.15) is 5.82 Å². The Kier molecular flexibility index (Phi) is 6.33. The zero-order valence-corrected chi connectivity index (χ0v) is 17.5. The van der Waals surface area contributed by atoms with Crippen LogP contribution in [0, 0.1) is 5.92 Å². The second-order valence-electron chi connectivity index (χ2n) is 6.53. The molecule has 0 spiro atoms. The van der Waals surface area contributed by atoms with Crippen LogP contribution in [0.5, 0.6) is 0 Å². The van der Waals surface area contributed by atoms with Crippen LogP contribution in [0.1, 0.15) is 25.3 Å². The molecule has 1 amide bonds. The number of halogens is 1. The number of benzene rings is 1. The van der Waals surface area contributed by atoms with E-state index in [1.165, 1.54) is 4.31 Å². The van der Waals surface area contributed by atoms with Crippen molar-refractivity contribution in [1.29, 1.82) is 0 Å². The molecule has 9 heteroatoms. The molecule has 1 aliphatic rings. The number of amides is 1. The van der Waals surface area contributed by atoms with E-state index in [1.54, 1.807) is 23.9 Å². The molecule has 146 valence electrons. The third kappa shape index (κ3) is 4.77. The van der Waals surface area contributed by atoms with Crippen molar-refractivity contribution in [2.45, 2.75) is 26.3 Å². The van der Waals surface area contributed by atoms with Crippen molar-refractivity contribution < 1.29 is 13.2 Å². The zero-order valence-electron chi connectivity index (χ0n) is 15.1. The van der Waals surface area contributed by atoms with Gasteiger partial charge in [0, 0.05) is 29.5 Å². The summed E-state index contributed by atoms with van der Waals surface area (Å²) < 4.78 is 28.1. The summed E-state index contributed by atoms with van der Waals surface area (Å²) in [5.74, 6) is 0.454. The van der Waals surface area contributed by atoms with E-state index in [1.807, 2.05) is 24.3 Å². The van der Waals surface area contributed by atoms with Gasteiger partial charge in [-0.2, -0.15) is 5.10 Å². The number of anilines is 1. The molecule has 1 saturated heterocycles. The van der Waals surface area contributed by atoms with Gasteiger partial charge in [-0.1, -0.05) is 34.1 Å². The average molecular weight is 455 g/mol. The fourth-order valence-electron chi connectivity index (χ4n) is 3.16. The van der Waals surface area contributed by atoms with E-state index in [4.69, 9.17) is 0 Å². The van der Waals surface area contributed by atoms with Gasteiger partial charge < -0.3 is 5.32 Å². The Bertz CT molecular complexity index is 905. The standard InChI is InChI=1S/C18H23BrN4O3S/c1-2-27(25,26)22-11-8-14(9-12-22)18(24)21-17-7-10-20-23(17)13-15-5-3-4-6-16(15)19/h3-7,10,14H,2,8-9,11-13H2,1H3,(H,21,24). The second kappa shape index (κ2) is 8.53. The summed E-state index contributed by atoms with van der Waals surface area (Å²) in [7, 11) is -3.18. The number of piperidine rings is 1. The van der Waals surface area contributed by atoms with Crippen LogP contribution in [-0.4, -0.2) is 47.3 Å². The van der Waals surface area contributed by atoms with Crippen LogP contribution >= 0.6 is 15.9 Å². The summed E-state index contributed by atoms with van der Waals surface area (Å²) in [4.78, 5) is 12.6. The highest BCUT2D eigenvalue weighted by Gasteiger charge is 2.30. The summed E-state index contributed by atoms with van der Waals surface area (Å²) in [5.41, 5.74) is 1.06. The first-order chi connectivity index (χ1) is 12.9. The lowest BCUT2D eigenvalue weighted by Crippen LogP contribution is -2.42. The van der Waals surface area contributed by atoms with Crippen LogP contribution in [0.4, 0.5) is 5.82 Å². The SMILES string of the molecule is CCS(=O)(=O)N1CCC(C(=O)Nc2ccnn2Cc2ccccc2Br)CC1. The van der Waals surface area contributed by atoms with Crippen molar-refractivity contribution in [2.24, 2.45) is 5.92 Å². The lowest BCUT2D eigenvalue weighted by atomic mass is 9.97. The number of hydrogen-bond donors (Lipinski definition) is 1. The molecule has 1 aromatic carbocycles. The number of rotatable bonds is 6. The molecule has 1 aliphatic heterocycles. The van der Waals surface area contributed by atoms with E-state index in [0.29, 0.717) is 38.3 Å². The van der Waals surface area contributed by atoms with Gasteiger partial charge in [0.15, 0.2) is 0 Å². The molecule has 7 nitrogen and oxygen atoms in total. The first kappa shape index (κ1) is 20.0. The quantitative estimate of drug-likeness (QED) is 0.726. The normalized spacial score (nSPS) is 16.4. The Hall–Kier alpha value is -1.71. The van der Waals surface area contributed by atoms with E-state index in [9.17, 15) is 13.2 Å². The molecule has 0 saturated carbocycles. The molecule has 0 radical (unpaired) electrons. The van der Waals surface area contributed by atoms with E-state index >= 15 is 0 Å². The van der Waals surface area contributed by atoms with Crippen LogP contribution in [-0.2, 0) is 21.4 Å². The zero-order chi connectivity index (χ0) is 19.4. The molecular weight excluding hydrogens is 432 g/mol. The molecule has 2 aromatic rings. The predicted octanol–water partition coefficient (Wildman–Crippen LogP) is 2.69. The van der Waals surface area contributed by atoms with Crippen molar-refractivity contribution in [2.75, 3.05) is 24.2 Å². The smallest absolute Gasteiger partial charge is 0.228 e. The highest BCUT2D eigenvalue weighted by molar-refractivity contribution is 9.10. The maximum Gasteiger partial charge on any atom is 0.228 e. The first-order valence-electron chi connectivity index (χ1n) is 8.94. The van der Waals surface area contributed by atoms with Gasteiger partial charge >= 0.3 is 0 Å². The maximum atomic E-state index is 12.6. The van der Waals surface area contributed by atoms with Gasteiger partial charge in [0.25, 0.3) is 0 Å². The average Bonchev–Trinajstić information content (AvgIpc) is 3.10. The number of carbonyl (C=O) groups excluding carboxylic acids is 1. The van der Waals surface area contributed by atoms with Gasteiger partial charge in [-0.05, 0) is 31.4 Å². The lowest BCUT2D eigenvalue weighted by molar-refractivity contribution is -0.121. The van der Waals surface area contributed by atoms with E-state index < -0.39 is 10.0 Å². The lowest BCUT2D eigenvalue weighted by Gasteiger charge is -2.30. The van der Waals surface area contributed by atoms with E-state index in [0.717, 1.165) is 10.0 Å². The molecule has 0 aliphatic carbocycles. The van der Waals surface area contributed by atoms with Gasteiger partial charge in [-0.3, -0.25) is 4.79 Å². The Labute approximate surface area is 167 Å². The summed E-state index contributed by atoms with van der Waals surface area (Å²) >= 11 is 3.53. The monoisotopic (exact) mass is 454 g/mol. The molecule has 1 N–H and O–H groups in total. The first-order valence-corrected chi connectivity index (χ1v) is 11.3. The summed E-state index contributed by atoms with van der Waals surface area (Å²) in [6.45, 7) is 2.96. The van der Waals surface area contributed by atoms with Crippen LogP contribution in [0.3, 0.4) is 0 Å².